The zero-order chi connectivity index (χ0) is 13.7. The fraction of sp³-hybridized carbons (Fsp3) is 1.00. The predicted molar refractivity (Wildman–Crippen MR) is 80.9 cm³/mol. The van der Waals surface area contributed by atoms with E-state index in [1.807, 2.05) is 0 Å². The maximum absolute atomic E-state index is 3.55. The summed E-state index contributed by atoms with van der Waals surface area (Å²) in [4.78, 5) is 2.63. The number of likely N-dealkylation sites (N-methyl/N-ethyl adjacent to an activating group) is 2. The summed E-state index contributed by atoms with van der Waals surface area (Å²) in [6.45, 7) is 9.37. The Hall–Kier alpha value is -0.0800. The lowest BCUT2D eigenvalue weighted by Gasteiger charge is -2.44. The third-order valence-corrected chi connectivity index (χ3v) is 5.12. The molecule has 0 amide bonds. The summed E-state index contributed by atoms with van der Waals surface area (Å²) >= 11 is 0. The standard InChI is InChI=1S/C16H34N2/c1-7-8-14-9-10-15(17-5)16(11-14)18(6)13(4)12(2)3/h12-17H,7-11H2,1-6H3. The van der Waals surface area contributed by atoms with E-state index in [9.17, 15) is 0 Å². The van der Waals surface area contributed by atoms with E-state index in [4.69, 9.17) is 0 Å². The molecule has 0 aliphatic heterocycles. The number of hydrogen-bond acceptors (Lipinski definition) is 2. The van der Waals surface area contributed by atoms with Crippen LogP contribution in [0, 0.1) is 11.8 Å². The summed E-state index contributed by atoms with van der Waals surface area (Å²) in [5.74, 6) is 1.69. The van der Waals surface area contributed by atoms with E-state index in [-0.39, 0.29) is 0 Å². The van der Waals surface area contributed by atoms with Crippen molar-refractivity contribution in [1.82, 2.24) is 10.2 Å². The first-order valence-electron chi connectivity index (χ1n) is 7.90. The van der Waals surface area contributed by atoms with Crippen LogP contribution in [0.5, 0.6) is 0 Å². The van der Waals surface area contributed by atoms with E-state index in [0.29, 0.717) is 12.1 Å². The van der Waals surface area contributed by atoms with Crippen molar-refractivity contribution in [3.63, 3.8) is 0 Å². The van der Waals surface area contributed by atoms with Crippen molar-refractivity contribution < 1.29 is 0 Å². The van der Waals surface area contributed by atoms with Crippen LogP contribution in [0.1, 0.15) is 59.8 Å². The monoisotopic (exact) mass is 254 g/mol. The predicted octanol–water partition coefficient (Wildman–Crippen LogP) is 3.52. The molecule has 0 aromatic rings. The highest BCUT2D eigenvalue weighted by Crippen LogP contribution is 2.32. The lowest BCUT2D eigenvalue weighted by atomic mass is 9.79. The molecule has 0 heterocycles. The average molecular weight is 254 g/mol. The molecule has 108 valence electrons. The van der Waals surface area contributed by atoms with Crippen LogP contribution >= 0.6 is 0 Å². The van der Waals surface area contributed by atoms with Crippen LogP contribution in [0.4, 0.5) is 0 Å². The molecule has 0 aromatic carbocycles. The lowest BCUT2D eigenvalue weighted by Crippen LogP contribution is -2.54. The molecule has 1 fully saturated rings. The largest absolute Gasteiger partial charge is 0.315 e. The smallest absolute Gasteiger partial charge is 0.0251 e. The van der Waals surface area contributed by atoms with E-state index < -0.39 is 0 Å². The Morgan fingerprint density at radius 3 is 2.39 bits per heavy atom. The maximum atomic E-state index is 3.55. The second-order valence-corrected chi connectivity index (χ2v) is 6.58. The molecule has 1 N–H and O–H groups in total. The Kier molecular flexibility index (Phi) is 6.65. The quantitative estimate of drug-likeness (QED) is 0.780. The van der Waals surface area contributed by atoms with Gasteiger partial charge in [-0.15, -0.1) is 0 Å². The zero-order valence-electron chi connectivity index (χ0n) is 13.4. The number of rotatable bonds is 6. The van der Waals surface area contributed by atoms with Crippen molar-refractivity contribution in [2.45, 2.75) is 77.9 Å². The normalized spacial score (nSPS) is 31.0. The molecule has 2 heteroatoms. The summed E-state index contributed by atoms with van der Waals surface area (Å²) in [5, 5.41) is 3.55. The molecule has 4 unspecified atom stereocenters. The molecule has 18 heavy (non-hydrogen) atoms. The van der Waals surface area contributed by atoms with Gasteiger partial charge in [-0.1, -0.05) is 33.6 Å². The molecule has 0 saturated heterocycles. The van der Waals surface area contributed by atoms with E-state index in [1.165, 1.54) is 32.1 Å². The van der Waals surface area contributed by atoms with Crippen LogP contribution in [0.3, 0.4) is 0 Å². The second kappa shape index (κ2) is 7.49. The molecule has 1 rings (SSSR count). The van der Waals surface area contributed by atoms with Gasteiger partial charge in [-0.2, -0.15) is 0 Å². The Bertz CT molecular complexity index is 227. The number of nitrogens with zero attached hydrogens (tertiary/aromatic N) is 1. The van der Waals surface area contributed by atoms with Gasteiger partial charge in [0.05, 0.1) is 0 Å². The van der Waals surface area contributed by atoms with Gasteiger partial charge in [0.15, 0.2) is 0 Å². The summed E-state index contributed by atoms with van der Waals surface area (Å²) in [6, 6.07) is 2.08. The molecule has 0 spiro atoms. The van der Waals surface area contributed by atoms with Crippen molar-refractivity contribution in [3.8, 4) is 0 Å². The topological polar surface area (TPSA) is 15.3 Å². The minimum Gasteiger partial charge on any atom is -0.315 e. The molecule has 2 nitrogen and oxygen atoms in total. The first kappa shape index (κ1) is 16.0. The highest BCUT2D eigenvalue weighted by Gasteiger charge is 2.33. The van der Waals surface area contributed by atoms with Gasteiger partial charge < -0.3 is 5.32 Å². The Morgan fingerprint density at radius 2 is 1.89 bits per heavy atom. The average Bonchev–Trinajstić information content (AvgIpc) is 2.37. The van der Waals surface area contributed by atoms with Gasteiger partial charge in [0.2, 0.25) is 0 Å². The molecule has 0 bridgehead atoms. The first-order chi connectivity index (χ1) is 8.51. The third-order valence-electron chi connectivity index (χ3n) is 5.12. The summed E-state index contributed by atoms with van der Waals surface area (Å²) in [6.07, 6.45) is 6.90. The van der Waals surface area contributed by atoms with Crippen molar-refractivity contribution in [2.24, 2.45) is 11.8 Å². The van der Waals surface area contributed by atoms with Crippen LogP contribution in [0.25, 0.3) is 0 Å². The van der Waals surface area contributed by atoms with Crippen LogP contribution in [0.2, 0.25) is 0 Å². The Balaban J connectivity index is 2.67. The molecule has 4 atom stereocenters. The lowest BCUT2D eigenvalue weighted by molar-refractivity contribution is 0.0725. The van der Waals surface area contributed by atoms with Crippen molar-refractivity contribution in [1.29, 1.82) is 0 Å². The SMILES string of the molecule is CCCC1CCC(NC)C(N(C)C(C)C(C)C)C1. The minimum absolute atomic E-state index is 0.672. The molecule has 0 radical (unpaired) electrons. The van der Waals surface area contributed by atoms with E-state index >= 15 is 0 Å². The zero-order valence-corrected chi connectivity index (χ0v) is 13.4. The molecule has 0 aromatic heterocycles. The molecule has 1 aliphatic carbocycles. The van der Waals surface area contributed by atoms with Gasteiger partial charge in [0.1, 0.15) is 0 Å². The summed E-state index contributed by atoms with van der Waals surface area (Å²) in [5.41, 5.74) is 0. The highest BCUT2D eigenvalue weighted by molar-refractivity contribution is 4.91. The second-order valence-electron chi connectivity index (χ2n) is 6.58. The van der Waals surface area contributed by atoms with Gasteiger partial charge in [0.25, 0.3) is 0 Å². The minimum atomic E-state index is 0.672. The van der Waals surface area contributed by atoms with Gasteiger partial charge in [0, 0.05) is 18.1 Å². The number of nitrogens with one attached hydrogen (secondary N) is 1. The van der Waals surface area contributed by atoms with Crippen LogP contribution in [0.15, 0.2) is 0 Å². The molecule has 1 aliphatic rings. The molecule has 1 saturated carbocycles. The first-order valence-corrected chi connectivity index (χ1v) is 7.90. The number of hydrogen-bond donors (Lipinski definition) is 1. The van der Waals surface area contributed by atoms with Crippen LogP contribution < -0.4 is 5.32 Å². The molecular formula is C16H34N2. The van der Waals surface area contributed by atoms with Crippen molar-refractivity contribution in [2.75, 3.05) is 14.1 Å². The highest BCUT2D eigenvalue weighted by atomic mass is 15.2. The van der Waals surface area contributed by atoms with E-state index in [2.05, 4.69) is 52.0 Å². The Labute approximate surface area is 115 Å². The van der Waals surface area contributed by atoms with Gasteiger partial charge in [-0.05, 0) is 52.1 Å². The Morgan fingerprint density at radius 1 is 1.22 bits per heavy atom. The van der Waals surface area contributed by atoms with Gasteiger partial charge >= 0.3 is 0 Å². The fourth-order valence-corrected chi connectivity index (χ4v) is 3.46. The van der Waals surface area contributed by atoms with Crippen molar-refractivity contribution >= 4 is 0 Å². The van der Waals surface area contributed by atoms with Crippen LogP contribution in [-0.2, 0) is 0 Å². The summed E-state index contributed by atoms with van der Waals surface area (Å²) in [7, 11) is 4.46. The maximum Gasteiger partial charge on any atom is 0.0251 e. The van der Waals surface area contributed by atoms with Crippen LogP contribution in [-0.4, -0.2) is 37.1 Å². The van der Waals surface area contributed by atoms with Gasteiger partial charge in [-0.3, -0.25) is 4.90 Å². The van der Waals surface area contributed by atoms with E-state index in [0.717, 1.165) is 17.9 Å². The summed E-state index contributed by atoms with van der Waals surface area (Å²) < 4.78 is 0. The molecular weight excluding hydrogens is 220 g/mol. The fourth-order valence-electron chi connectivity index (χ4n) is 3.46. The third kappa shape index (κ3) is 3.96. The van der Waals surface area contributed by atoms with Crippen molar-refractivity contribution in [3.05, 3.63) is 0 Å². The van der Waals surface area contributed by atoms with Gasteiger partial charge in [-0.25, -0.2) is 0 Å². The van der Waals surface area contributed by atoms with E-state index in [1.54, 1.807) is 0 Å².